The number of nitrogens with one attached hydrogen (secondary N) is 1. The van der Waals surface area contributed by atoms with Gasteiger partial charge in [0.1, 0.15) is 0 Å². The lowest BCUT2D eigenvalue weighted by atomic mass is 10.1. The molecule has 1 aliphatic rings. The smallest absolute Gasteiger partial charge is 0.329 e. The number of aromatic amines is 1. The van der Waals surface area contributed by atoms with Gasteiger partial charge in [-0.05, 0) is 6.07 Å². The van der Waals surface area contributed by atoms with Crippen LogP contribution in [0.5, 0.6) is 0 Å². The van der Waals surface area contributed by atoms with Crippen molar-refractivity contribution in [2.45, 2.75) is 18.3 Å². The van der Waals surface area contributed by atoms with E-state index in [9.17, 15) is 26.3 Å². The Hall–Kier alpha value is -1.93. The fourth-order valence-electron chi connectivity index (χ4n) is 2.41. The molecule has 0 radical (unpaired) electrons. The van der Waals surface area contributed by atoms with Gasteiger partial charge in [0.2, 0.25) is 0 Å². The molecule has 0 atom stereocenters. The monoisotopic (exact) mass is 309 g/mol. The second-order valence-electron chi connectivity index (χ2n) is 4.88. The molecule has 2 heterocycles. The lowest BCUT2D eigenvalue weighted by Crippen LogP contribution is -2.38. The van der Waals surface area contributed by atoms with E-state index in [0.29, 0.717) is 4.90 Å². The van der Waals surface area contributed by atoms with E-state index in [1.165, 1.54) is 12.1 Å². The van der Waals surface area contributed by atoms with E-state index in [4.69, 9.17) is 0 Å². The summed E-state index contributed by atoms with van der Waals surface area (Å²) in [6.45, 7) is -2.53. The first-order valence-electron chi connectivity index (χ1n) is 5.99. The zero-order valence-electron chi connectivity index (χ0n) is 10.4. The van der Waals surface area contributed by atoms with Crippen molar-refractivity contribution in [3.8, 4) is 0 Å². The van der Waals surface area contributed by atoms with Gasteiger partial charge in [0.15, 0.2) is 5.82 Å². The summed E-state index contributed by atoms with van der Waals surface area (Å²) in [5.74, 6) is -8.76. The van der Waals surface area contributed by atoms with Gasteiger partial charge in [0, 0.05) is 5.56 Å². The molecule has 0 aliphatic carbocycles. The Balaban J connectivity index is 2.11. The second-order valence-corrected chi connectivity index (χ2v) is 4.88. The van der Waals surface area contributed by atoms with Crippen LogP contribution in [0, 0.1) is 0 Å². The summed E-state index contributed by atoms with van der Waals surface area (Å²) in [5.41, 5.74) is -0.254. The molecule has 1 fully saturated rings. The molecular weight excluding hydrogens is 300 g/mol. The average molecular weight is 309 g/mol. The predicted octanol–water partition coefficient (Wildman–Crippen LogP) is 3.59. The van der Waals surface area contributed by atoms with Crippen molar-refractivity contribution in [2.24, 2.45) is 0 Å². The van der Waals surface area contributed by atoms with E-state index < -0.39 is 36.9 Å². The zero-order chi connectivity index (χ0) is 15.4. The molecule has 0 amide bonds. The van der Waals surface area contributed by atoms with Gasteiger partial charge in [-0.1, -0.05) is 12.1 Å². The number of halogens is 6. The lowest BCUT2D eigenvalue weighted by molar-refractivity contribution is -0.172. The molecule has 0 saturated carbocycles. The molecule has 1 aromatic heterocycles. The van der Waals surface area contributed by atoms with Crippen LogP contribution in [0.2, 0.25) is 0 Å². The van der Waals surface area contributed by atoms with Crippen LogP contribution in [0.1, 0.15) is 12.0 Å². The van der Waals surface area contributed by atoms with E-state index in [1.54, 1.807) is 0 Å². The summed E-state index contributed by atoms with van der Waals surface area (Å²) < 4.78 is 79.0. The Bertz CT molecular complexity index is 665. The third-order valence-corrected chi connectivity index (χ3v) is 3.45. The maximum atomic E-state index is 13.2. The molecular formula is C12H9F6N3. The standard InChI is InChI=1S/C12H9F6N3/c13-9(14)6-2-1-3-7-8(6)10(20-19-7)21-4-11(15,16)12(17,18)5-21/h1-3,9H,4-5H2,(H,19,20). The highest BCUT2D eigenvalue weighted by Crippen LogP contribution is 2.44. The van der Waals surface area contributed by atoms with Gasteiger partial charge in [-0.2, -0.15) is 22.7 Å². The Labute approximate surface area is 114 Å². The molecule has 0 unspecified atom stereocenters. The number of H-pyrrole nitrogens is 1. The summed E-state index contributed by atoms with van der Waals surface area (Å²) in [7, 11) is 0. The van der Waals surface area contributed by atoms with Gasteiger partial charge < -0.3 is 4.90 Å². The van der Waals surface area contributed by atoms with Crippen LogP contribution in [0.3, 0.4) is 0 Å². The topological polar surface area (TPSA) is 31.9 Å². The Morgan fingerprint density at radius 2 is 1.71 bits per heavy atom. The Morgan fingerprint density at radius 1 is 1.10 bits per heavy atom. The maximum absolute atomic E-state index is 13.2. The minimum Gasteiger partial charge on any atom is -0.342 e. The number of hydrogen-bond acceptors (Lipinski definition) is 2. The Kier molecular flexibility index (Phi) is 2.86. The van der Waals surface area contributed by atoms with Gasteiger partial charge in [-0.3, -0.25) is 5.10 Å². The highest BCUT2D eigenvalue weighted by Gasteiger charge is 2.63. The second kappa shape index (κ2) is 4.28. The van der Waals surface area contributed by atoms with Crippen molar-refractivity contribution in [3.05, 3.63) is 23.8 Å². The van der Waals surface area contributed by atoms with Crippen molar-refractivity contribution in [1.82, 2.24) is 10.2 Å². The number of anilines is 1. The van der Waals surface area contributed by atoms with Crippen molar-refractivity contribution in [3.63, 3.8) is 0 Å². The predicted molar refractivity (Wildman–Crippen MR) is 63.2 cm³/mol. The number of aromatic nitrogens is 2. The quantitative estimate of drug-likeness (QED) is 0.860. The van der Waals surface area contributed by atoms with Crippen molar-refractivity contribution in [2.75, 3.05) is 18.0 Å². The van der Waals surface area contributed by atoms with Crippen LogP contribution < -0.4 is 4.90 Å². The van der Waals surface area contributed by atoms with Gasteiger partial charge in [-0.15, -0.1) is 0 Å². The summed E-state index contributed by atoms with van der Waals surface area (Å²) >= 11 is 0. The molecule has 1 N–H and O–H groups in total. The minimum atomic E-state index is -4.22. The Morgan fingerprint density at radius 3 is 2.29 bits per heavy atom. The molecule has 0 bridgehead atoms. The summed E-state index contributed by atoms with van der Waals surface area (Å²) in [6.07, 6.45) is -2.87. The average Bonchev–Trinajstić information content (AvgIpc) is 2.88. The molecule has 0 spiro atoms. The molecule has 1 aliphatic heterocycles. The number of nitrogens with zero attached hydrogens (tertiary/aromatic N) is 2. The molecule has 114 valence electrons. The van der Waals surface area contributed by atoms with Gasteiger partial charge >= 0.3 is 11.8 Å². The normalized spacial score (nSPS) is 20.6. The lowest BCUT2D eigenvalue weighted by Gasteiger charge is -2.15. The maximum Gasteiger partial charge on any atom is 0.329 e. The number of rotatable bonds is 2. The summed E-state index contributed by atoms with van der Waals surface area (Å²) in [5, 5.41) is 5.94. The van der Waals surface area contributed by atoms with E-state index in [2.05, 4.69) is 10.2 Å². The fraction of sp³-hybridized carbons (Fsp3) is 0.417. The molecule has 1 saturated heterocycles. The molecule has 3 nitrogen and oxygen atoms in total. The SMILES string of the molecule is FC(F)c1cccc2[nH]nc(N3CC(F)(F)C(F)(F)C3)c12. The van der Waals surface area contributed by atoms with Gasteiger partial charge in [0.25, 0.3) is 6.43 Å². The summed E-state index contributed by atoms with van der Waals surface area (Å²) in [4.78, 5) is 0.630. The molecule has 9 heteroatoms. The summed E-state index contributed by atoms with van der Waals surface area (Å²) in [6, 6.07) is 3.88. The number of benzene rings is 1. The third kappa shape index (κ3) is 2.02. The van der Waals surface area contributed by atoms with E-state index >= 15 is 0 Å². The molecule has 3 rings (SSSR count). The molecule has 1 aromatic carbocycles. The third-order valence-electron chi connectivity index (χ3n) is 3.45. The zero-order valence-corrected chi connectivity index (χ0v) is 10.4. The largest absolute Gasteiger partial charge is 0.342 e. The minimum absolute atomic E-state index is 0.110. The van der Waals surface area contributed by atoms with E-state index in [-0.39, 0.29) is 16.7 Å². The van der Waals surface area contributed by atoms with Crippen molar-refractivity contribution < 1.29 is 26.3 Å². The van der Waals surface area contributed by atoms with Gasteiger partial charge in [-0.25, -0.2) is 8.78 Å². The van der Waals surface area contributed by atoms with E-state index in [0.717, 1.165) is 6.07 Å². The van der Waals surface area contributed by atoms with Crippen LogP contribution in [-0.4, -0.2) is 35.1 Å². The van der Waals surface area contributed by atoms with Crippen LogP contribution in [0.15, 0.2) is 18.2 Å². The number of hydrogen-bond donors (Lipinski definition) is 1. The van der Waals surface area contributed by atoms with Crippen LogP contribution in [0.4, 0.5) is 32.2 Å². The molecule has 2 aromatic rings. The van der Waals surface area contributed by atoms with E-state index in [1.807, 2.05) is 0 Å². The first-order valence-corrected chi connectivity index (χ1v) is 5.99. The fourth-order valence-corrected chi connectivity index (χ4v) is 2.41. The van der Waals surface area contributed by atoms with Crippen LogP contribution >= 0.6 is 0 Å². The van der Waals surface area contributed by atoms with Crippen LogP contribution in [0.25, 0.3) is 10.9 Å². The number of alkyl halides is 6. The first kappa shape index (κ1) is 14.0. The molecule has 21 heavy (non-hydrogen) atoms. The number of fused-ring (bicyclic) bond motifs is 1. The first-order chi connectivity index (χ1) is 9.73. The van der Waals surface area contributed by atoms with Gasteiger partial charge in [0.05, 0.1) is 24.0 Å². The highest BCUT2D eigenvalue weighted by atomic mass is 19.3. The van der Waals surface area contributed by atoms with Crippen molar-refractivity contribution in [1.29, 1.82) is 0 Å². The van der Waals surface area contributed by atoms with Crippen molar-refractivity contribution >= 4 is 16.7 Å². The van der Waals surface area contributed by atoms with Crippen LogP contribution in [-0.2, 0) is 0 Å². The highest BCUT2D eigenvalue weighted by molar-refractivity contribution is 5.93.